The molecule has 6 heteroatoms. The molecule has 0 aromatic heterocycles. The van der Waals surface area contributed by atoms with Crippen LogP contribution in [-0.4, -0.2) is 10.8 Å². The van der Waals surface area contributed by atoms with E-state index < -0.39 is 0 Å². The van der Waals surface area contributed by atoms with Gasteiger partial charge in [-0.2, -0.15) is 5.10 Å². The molecule has 92 valence electrons. The average Bonchev–Trinajstić information content (AvgIpc) is 2.27. The Morgan fingerprint density at radius 2 is 2.18 bits per heavy atom. The van der Waals surface area contributed by atoms with Crippen LogP contribution in [0.25, 0.3) is 0 Å². The fourth-order valence-electron chi connectivity index (χ4n) is 1.06. The molecular formula is C11H13BrFN3S. The molecule has 1 rings (SSSR count). The van der Waals surface area contributed by atoms with Crippen molar-refractivity contribution in [3.63, 3.8) is 0 Å². The minimum absolute atomic E-state index is 0.272. The Labute approximate surface area is 114 Å². The summed E-state index contributed by atoms with van der Waals surface area (Å²) in [5.41, 5.74) is 4.36. The number of benzene rings is 1. The van der Waals surface area contributed by atoms with Gasteiger partial charge >= 0.3 is 0 Å². The number of thiocarbonyl (C=S) groups is 1. The van der Waals surface area contributed by atoms with Gasteiger partial charge in [-0.3, -0.25) is 5.43 Å². The van der Waals surface area contributed by atoms with E-state index >= 15 is 0 Å². The lowest BCUT2D eigenvalue weighted by Gasteiger charge is -2.09. The average molecular weight is 318 g/mol. The minimum Gasteiger partial charge on any atom is -0.357 e. The van der Waals surface area contributed by atoms with Crippen LogP contribution in [-0.2, 0) is 6.54 Å². The zero-order valence-electron chi connectivity index (χ0n) is 9.55. The summed E-state index contributed by atoms with van der Waals surface area (Å²) in [4.78, 5) is 0. The molecule has 0 heterocycles. The number of nitrogens with one attached hydrogen (secondary N) is 2. The van der Waals surface area contributed by atoms with Gasteiger partial charge in [0, 0.05) is 16.7 Å². The molecule has 0 aliphatic heterocycles. The van der Waals surface area contributed by atoms with Gasteiger partial charge in [0.1, 0.15) is 5.82 Å². The molecular weight excluding hydrogens is 305 g/mol. The van der Waals surface area contributed by atoms with Crippen molar-refractivity contribution in [1.29, 1.82) is 0 Å². The second-order valence-corrected chi connectivity index (χ2v) is 4.85. The zero-order chi connectivity index (χ0) is 12.8. The van der Waals surface area contributed by atoms with E-state index in [-0.39, 0.29) is 5.82 Å². The van der Waals surface area contributed by atoms with E-state index in [1.54, 1.807) is 6.07 Å². The lowest BCUT2D eigenvalue weighted by atomic mass is 10.2. The Balaban J connectivity index is 2.53. The molecule has 0 amide bonds. The van der Waals surface area contributed by atoms with Gasteiger partial charge in [-0.05, 0) is 49.8 Å². The lowest BCUT2D eigenvalue weighted by Crippen LogP contribution is -2.32. The largest absolute Gasteiger partial charge is 0.357 e. The van der Waals surface area contributed by atoms with Crippen molar-refractivity contribution in [2.75, 3.05) is 0 Å². The predicted molar refractivity (Wildman–Crippen MR) is 75.5 cm³/mol. The summed E-state index contributed by atoms with van der Waals surface area (Å²) in [6.45, 7) is 4.15. The van der Waals surface area contributed by atoms with E-state index in [4.69, 9.17) is 12.2 Å². The molecule has 3 nitrogen and oxygen atoms in total. The smallest absolute Gasteiger partial charge is 0.187 e. The summed E-state index contributed by atoms with van der Waals surface area (Å²) in [6, 6.07) is 4.51. The molecule has 2 N–H and O–H groups in total. The number of nitrogens with zero attached hydrogens (tertiary/aromatic N) is 1. The summed E-state index contributed by atoms with van der Waals surface area (Å²) in [7, 11) is 0. The third-order valence-corrected chi connectivity index (χ3v) is 2.84. The van der Waals surface area contributed by atoms with E-state index in [1.165, 1.54) is 12.1 Å². The molecule has 0 saturated carbocycles. The predicted octanol–water partition coefficient (Wildman–Crippen LogP) is 2.95. The first-order valence-corrected chi connectivity index (χ1v) is 6.18. The van der Waals surface area contributed by atoms with Crippen molar-refractivity contribution in [1.82, 2.24) is 10.7 Å². The summed E-state index contributed by atoms with van der Waals surface area (Å²) >= 11 is 8.35. The van der Waals surface area contributed by atoms with Crippen molar-refractivity contribution in [2.45, 2.75) is 20.4 Å². The van der Waals surface area contributed by atoms with Crippen molar-refractivity contribution in [3.8, 4) is 0 Å². The van der Waals surface area contributed by atoms with Gasteiger partial charge in [0.15, 0.2) is 5.11 Å². The molecule has 1 aromatic carbocycles. The highest BCUT2D eigenvalue weighted by Gasteiger charge is 2.02. The second-order valence-electron chi connectivity index (χ2n) is 3.59. The first-order chi connectivity index (χ1) is 7.99. The highest BCUT2D eigenvalue weighted by atomic mass is 79.9. The number of rotatable bonds is 3. The quantitative estimate of drug-likeness (QED) is 0.511. The fourth-order valence-corrected chi connectivity index (χ4v) is 1.56. The molecule has 1 aromatic rings. The van der Waals surface area contributed by atoms with Crippen LogP contribution in [0.5, 0.6) is 0 Å². The van der Waals surface area contributed by atoms with Gasteiger partial charge in [-0.15, -0.1) is 0 Å². The van der Waals surface area contributed by atoms with Crippen LogP contribution in [0.15, 0.2) is 27.8 Å². The highest BCUT2D eigenvalue weighted by Crippen LogP contribution is 2.17. The van der Waals surface area contributed by atoms with Crippen LogP contribution >= 0.6 is 28.1 Å². The Morgan fingerprint density at radius 3 is 2.82 bits per heavy atom. The van der Waals surface area contributed by atoms with Crippen LogP contribution < -0.4 is 10.7 Å². The van der Waals surface area contributed by atoms with Crippen molar-refractivity contribution < 1.29 is 4.39 Å². The molecule has 0 bridgehead atoms. The molecule has 0 atom stereocenters. The van der Waals surface area contributed by atoms with Gasteiger partial charge < -0.3 is 5.32 Å². The number of halogens is 2. The van der Waals surface area contributed by atoms with Gasteiger partial charge in [-0.1, -0.05) is 15.9 Å². The van der Waals surface area contributed by atoms with E-state index in [2.05, 4.69) is 31.8 Å². The number of hydrazone groups is 1. The van der Waals surface area contributed by atoms with Crippen LogP contribution in [0.2, 0.25) is 0 Å². The third kappa shape index (κ3) is 5.23. The number of hydrogen-bond donors (Lipinski definition) is 2. The van der Waals surface area contributed by atoms with Crippen LogP contribution in [0, 0.1) is 5.82 Å². The van der Waals surface area contributed by atoms with E-state index in [0.29, 0.717) is 11.7 Å². The molecule has 0 unspecified atom stereocenters. The van der Waals surface area contributed by atoms with Crippen LogP contribution in [0.3, 0.4) is 0 Å². The summed E-state index contributed by atoms with van der Waals surface area (Å²) in [6.07, 6.45) is 0. The molecule has 0 fully saturated rings. The standard InChI is InChI=1S/C11H13BrFN3S/c1-7(2)15-16-11(17)14-6-8-5-9(13)3-4-10(8)12/h3-5H,6H2,1-2H3,(H2,14,16,17). The van der Waals surface area contributed by atoms with E-state index in [9.17, 15) is 4.39 Å². The Morgan fingerprint density at radius 1 is 1.47 bits per heavy atom. The zero-order valence-corrected chi connectivity index (χ0v) is 12.0. The van der Waals surface area contributed by atoms with Crippen molar-refractivity contribution in [2.24, 2.45) is 5.10 Å². The van der Waals surface area contributed by atoms with Gasteiger partial charge in [0.25, 0.3) is 0 Å². The van der Waals surface area contributed by atoms with E-state index in [1.807, 2.05) is 13.8 Å². The Kier molecular flexibility index (Phi) is 5.50. The van der Waals surface area contributed by atoms with Gasteiger partial charge in [0.05, 0.1) is 0 Å². The first kappa shape index (κ1) is 14.1. The highest BCUT2D eigenvalue weighted by molar-refractivity contribution is 9.10. The van der Waals surface area contributed by atoms with Crippen LogP contribution in [0.1, 0.15) is 19.4 Å². The monoisotopic (exact) mass is 317 g/mol. The maximum absolute atomic E-state index is 13.0. The van der Waals surface area contributed by atoms with Gasteiger partial charge in [-0.25, -0.2) is 4.39 Å². The molecule has 17 heavy (non-hydrogen) atoms. The minimum atomic E-state index is -0.272. The topological polar surface area (TPSA) is 36.4 Å². The maximum atomic E-state index is 13.0. The molecule has 0 radical (unpaired) electrons. The molecule has 0 aliphatic carbocycles. The Bertz CT molecular complexity index is 444. The van der Waals surface area contributed by atoms with Gasteiger partial charge in [0.2, 0.25) is 0 Å². The lowest BCUT2D eigenvalue weighted by molar-refractivity contribution is 0.624. The summed E-state index contributed by atoms with van der Waals surface area (Å²) < 4.78 is 13.8. The molecule has 0 saturated heterocycles. The van der Waals surface area contributed by atoms with Crippen molar-refractivity contribution >= 4 is 39.0 Å². The summed E-state index contributed by atoms with van der Waals surface area (Å²) in [5.74, 6) is -0.272. The molecule has 0 spiro atoms. The number of hydrogen-bond acceptors (Lipinski definition) is 2. The SMILES string of the molecule is CC(C)=NNC(=S)NCc1cc(F)ccc1Br. The van der Waals surface area contributed by atoms with Crippen molar-refractivity contribution in [3.05, 3.63) is 34.1 Å². The van der Waals surface area contributed by atoms with E-state index in [0.717, 1.165) is 15.7 Å². The first-order valence-electron chi connectivity index (χ1n) is 4.97. The fraction of sp³-hybridized carbons (Fsp3) is 0.273. The van der Waals surface area contributed by atoms with Crippen LogP contribution in [0.4, 0.5) is 4.39 Å². The normalized spacial score (nSPS) is 9.65. The Hall–Kier alpha value is -1.01. The third-order valence-electron chi connectivity index (χ3n) is 1.83. The second kappa shape index (κ2) is 6.66. The molecule has 0 aliphatic rings. The summed E-state index contributed by atoms with van der Waals surface area (Å²) in [5, 5.41) is 7.30. The maximum Gasteiger partial charge on any atom is 0.187 e.